The van der Waals surface area contributed by atoms with Gasteiger partial charge in [0.1, 0.15) is 11.5 Å². The highest BCUT2D eigenvalue weighted by molar-refractivity contribution is 9.10. The molecule has 0 aliphatic carbocycles. The fourth-order valence-electron chi connectivity index (χ4n) is 5.13. The molecule has 0 bridgehead atoms. The summed E-state index contributed by atoms with van der Waals surface area (Å²) in [5.41, 5.74) is 4.31. The third-order valence-electron chi connectivity index (χ3n) is 7.11. The second-order valence-electron chi connectivity index (χ2n) is 9.56. The minimum atomic E-state index is -0.369. The molecular formula is C31H27BrN4O3. The lowest BCUT2D eigenvalue weighted by Gasteiger charge is -2.38. The van der Waals surface area contributed by atoms with Gasteiger partial charge in [-0.25, -0.2) is 4.79 Å². The van der Waals surface area contributed by atoms with Gasteiger partial charge in [0.2, 0.25) is 5.91 Å². The molecule has 1 saturated heterocycles. The van der Waals surface area contributed by atoms with E-state index in [1.165, 1.54) is 0 Å². The SMILES string of the molecule is O=C(Nc1ccc(Br)cc1)Nc1ccc(N2CCN(C(=O)C3c4ccccc4Oc4ccccc43)CC2)cc1. The van der Waals surface area contributed by atoms with Crippen molar-refractivity contribution in [3.63, 3.8) is 0 Å². The van der Waals surface area contributed by atoms with E-state index in [-0.39, 0.29) is 17.9 Å². The summed E-state index contributed by atoms with van der Waals surface area (Å²) in [5, 5.41) is 5.69. The number of fused-ring (bicyclic) bond motifs is 2. The molecule has 0 atom stereocenters. The smallest absolute Gasteiger partial charge is 0.323 e. The van der Waals surface area contributed by atoms with Gasteiger partial charge in [-0.1, -0.05) is 52.3 Å². The highest BCUT2D eigenvalue weighted by atomic mass is 79.9. The van der Waals surface area contributed by atoms with Gasteiger partial charge in [-0.2, -0.15) is 0 Å². The van der Waals surface area contributed by atoms with Crippen molar-refractivity contribution in [1.29, 1.82) is 0 Å². The predicted octanol–water partition coefficient (Wildman–Crippen LogP) is 6.68. The number of piperazine rings is 1. The summed E-state index contributed by atoms with van der Waals surface area (Å²) in [5.74, 6) is 1.22. The Labute approximate surface area is 235 Å². The molecule has 2 aliphatic rings. The zero-order chi connectivity index (χ0) is 26.8. The molecular weight excluding hydrogens is 556 g/mol. The summed E-state index contributed by atoms with van der Waals surface area (Å²) in [7, 11) is 0. The van der Waals surface area contributed by atoms with Gasteiger partial charge in [-0.3, -0.25) is 4.79 Å². The van der Waals surface area contributed by atoms with Crippen LogP contribution < -0.4 is 20.3 Å². The van der Waals surface area contributed by atoms with Gasteiger partial charge in [-0.05, 0) is 60.7 Å². The number of urea groups is 1. The molecule has 4 aromatic rings. The topological polar surface area (TPSA) is 73.9 Å². The Morgan fingerprint density at radius 1 is 0.692 bits per heavy atom. The Bertz CT molecular complexity index is 1450. The third kappa shape index (κ3) is 5.33. The average molecular weight is 583 g/mol. The molecule has 196 valence electrons. The maximum atomic E-state index is 13.8. The monoisotopic (exact) mass is 582 g/mol. The number of hydrogen-bond donors (Lipinski definition) is 2. The highest BCUT2D eigenvalue weighted by Gasteiger charge is 2.36. The quantitative estimate of drug-likeness (QED) is 0.281. The molecule has 0 radical (unpaired) electrons. The van der Waals surface area contributed by atoms with Crippen molar-refractivity contribution in [2.45, 2.75) is 5.92 Å². The van der Waals surface area contributed by atoms with Crippen LogP contribution in [0.2, 0.25) is 0 Å². The molecule has 6 rings (SSSR count). The van der Waals surface area contributed by atoms with Crippen LogP contribution in [-0.2, 0) is 4.79 Å². The number of nitrogens with zero attached hydrogens (tertiary/aromatic N) is 2. The van der Waals surface area contributed by atoms with Gasteiger partial charge < -0.3 is 25.2 Å². The maximum absolute atomic E-state index is 13.8. The van der Waals surface area contributed by atoms with Gasteiger partial charge in [0.05, 0.1) is 5.92 Å². The molecule has 7 nitrogen and oxygen atoms in total. The summed E-state index contributed by atoms with van der Waals surface area (Å²) in [6.45, 7) is 2.73. The molecule has 0 spiro atoms. The molecule has 0 aromatic heterocycles. The fourth-order valence-corrected chi connectivity index (χ4v) is 5.39. The largest absolute Gasteiger partial charge is 0.457 e. The Kier molecular flexibility index (Phi) is 6.94. The number of halogens is 1. The number of ether oxygens (including phenoxy) is 1. The van der Waals surface area contributed by atoms with Crippen LogP contribution in [0.4, 0.5) is 21.9 Å². The highest BCUT2D eigenvalue weighted by Crippen LogP contribution is 2.44. The summed E-state index contributed by atoms with van der Waals surface area (Å²) in [4.78, 5) is 30.4. The van der Waals surface area contributed by atoms with Gasteiger partial charge >= 0.3 is 6.03 Å². The standard InChI is InChI=1S/C31H27BrN4O3/c32-21-9-11-22(12-10-21)33-31(38)34-23-13-15-24(16-14-23)35-17-19-36(20-18-35)30(37)29-25-5-1-3-7-27(25)39-28-8-4-2-6-26(28)29/h1-16,29H,17-20H2,(H2,33,34,38). The number of carbonyl (C=O) groups excluding carboxylic acids is 2. The van der Waals surface area contributed by atoms with Crippen LogP contribution in [0, 0.1) is 0 Å². The van der Waals surface area contributed by atoms with E-state index in [2.05, 4.69) is 31.5 Å². The van der Waals surface area contributed by atoms with Crippen LogP contribution >= 0.6 is 15.9 Å². The molecule has 2 N–H and O–H groups in total. The second-order valence-corrected chi connectivity index (χ2v) is 10.5. The molecule has 3 amide bonds. The van der Waals surface area contributed by atoms with E-state index in [0.717, 1.165) is 45.9 Å². The number of anilines is 3. The molecule has 1 fully saturated rings. The Hall–Kier alpha value is -4.30. The third-order valence-corrected chi connectivity index (χ3v) is 7.64. The minimum absolute atomic E-state index is 0.106. The second kappa shape index (κ2) is 10.8. The van der Waals surface area contributed by atoms with Crippen molar-refractivity contribution in [3.05, 3.63) is 113 Å². The number of benzene rings is 4. The lowest BCUT2D eigenvalue weighted by Crippen LogP contribution is -2.50. The van der Waals surface area contributed by atoms with Crippen LogP contribution in [0.3, 0.4) is 0 Å². The normalized spacial score (nSPS) is 14.6. The van der Waals surface area contributed by atoms with Crippen molar-refractivity contribution in [3.8, 4) is 11.5 Å². The van der Waals surface area contributed by atoms with E-state index in [1.807, 2.05) is 102 Å². The van der Waals surface area contributed by atoms with Gasteiger partial charge in [0, 0.05) is 58.8 Å². The lowest BCUT2D eigenvalue weighted by molar-refractivity contribution is -0.132. The zero-order valence-electron chi connectivity index (χ0n) is 21.1. The number of carbonyl (C=O) groups is 2. The summed E-state index contributed by atoms with van der Waals surface area (Å²) < 4.78 is 7.03. The first-order valence-electron chi connectivity index (χ1n) is 12.9. The van der Waals surface area contributed by atoms with Crippen molar-refractivity contribution in [1.82, 2.24) is 4.90 Å². The Balaban J connectivity index is 1.08. The molecule has 4 aromatic carbocycles. The molecule has 2 heterocycles. The van der Waals surface area contributed by atoms with Crippen molar-refractivity contribution in [2.75, 3.05) is 41.7 Å². The van der Waals surface area contributed by atoms with E-state index in [0.29, 0.717) is 24.5 Å². The number of rotatable bonds is 4. The lowest BCUT2D eigenvalue weighted by atomic mass is 9.86. The van der Waals surface area contributed by atoms with Crippen molar-refractivity contribution < 1.29 is 14.3 Å². The first-order chi connectivity index (χ1) is 19.0. The molecule has 0 unspecified atom stereocenters. The Morgan fingerprint density at radius 2 is 1.21 bits per heavy atom. The van der Waals surface area contributed by atoms with Gasteiger partial charge in [0.25, 0.3) is 0 Å². The summed E-state index contributed by atoms with van der Waals surface area (Å²) in [6, 6.07) is 30.5. The van der Waals surface area contributed by atoms with Gasteiger partial charge in [0.15, 0.2) is 0 Å². The van der Waals surface area contributed by atoms with E-state index in [9.17, 15) is 9.59 Å². The average Bonchev–Trinajstić information content (AvgIpc) is 2.97. The first kappa shape index (κ1) is 25.0. The van der Waals surface area contributed by atoms with Crippen LogP contribution in [0.25, 0.3) is 0 Å². The van der Waals surface area contributed by atoms with E-state index >= 15 is 0 Å². The van der Waals surface area contributed by atoms with Crippen molar-refractivity contribution >= 4 is 44.9 Å². The summed E-state index contributed by atoms with van der Waals surface area (Å²) >= 11 is 3.39. The predicted molar refractivity (Wildman–Crippen MR) is 157 cm³/mol. The molecule has 0 saturated carbocycles. The van der Waals surface area contributed by atoms with Crippen LogP contribution in [0.15, 0.2) is 102 Å². The van der Waals surface area contributed by atoms with Crippen LogP contribution in [0.5, 0.6) is 11.5 Å². The van der Waals surface area contributed by atoms with Crippen molar-refractivity contribution in [2.24, 2.45) is 0 Å². The number of hydrogen-bond acceptors (Lipinski definition) is 4. The zero-order valence-corrected chi connectivity index (χ0v) is 22.7. The molecule has 2 aliphatic heterocycles. The van der Waals surface area contributed by atoms with E-state index < -0.39 is 0 Å². The van der Waals surface area contributed by atoms with E-state index in [4.69, 9.17) is 4.74 Å². The van der Waals surface area contributed by atoms with E-state index in [1.54, 1.807) is 0 Å². The molecule has 8 heteroatoms. The Morgan fingerprint density at radius 3 is 1.77 bits per heavy atom. The number of nitrogens with one attached hydrogen (secondary N) is 2. The maximum Gasteiger partial charge on any atom is 0.323 e. The van der Waals surface area contributed by atoms with Crippen LogP contribution in [0.1, 0.15) is 17.0 Å². The number of para-hydroxylation sites is 2. The van der Waals surface area contributed by atoms with Crippen LogP contribution in [-0.4, -0.2) is 43.0 Å². The first-order valence-corrected chi connectivity index (χ1v) is 13.7. The molecule has 39 heavy (non-hydrogen) atoms. The van der Waals surface area contributed by atoms with Gasteiger partial charge in [-0.15, -0.1) is 0 Å². The number of amides is 3. The fraction of sp³-hybridized carbons (Fsp3) is 0.161. The summed E-state index contributed by atoms with van der Waals surface area (Å²) in [6.07, 6.45) is 0. The minimum Gasteiger partial charge on any atom is -0.457 e.